The third kappa shape index (κ3) is 6.26. The van der Waals surface area contributed by atoms with Gasteiger partial charge in [0.15, 0.2) is 0 Å². The van der Waals surface area contributed by atoms with Gasteiger partial charge in [-0.15, -0.1) is 22.7 Å². The molecule has 312 valence electrons. The van der Waals surface area contributed by atoms with E-state index in [1.807, 2.05) is 22.7 Å². The second kappa shape index (κ2) is 15.3. The van der Waals surface area contributed by atoms with Crippen LogP contribution in [0.2, 0.25) is 0 Å². The predicted octanol–water partition coefficient (Wildman–Crippen LogP) is 18.9. The van der Waals surface area contributed by atoms with Gasteiger partial charge in [-0.05, 0) is 115 Å². The van der Waals surface area contributed by atoms with Gasteiger partial charge in [0, 0.05) is 62.8 Å². The maximum atomic E-state index is 2.42. The van der Waals surface area contributed by atoms with Crippen LogP contribution < -0.4 is 4.90 Å². The molecule has 0 amide bonds. The summed E-state index contributed by atoms with van der Waals surface area (Å²) in [5, 5.41) is 5.32. The Balaban J connectivity index is 0.836. The van der Waals surface area contributed by atoms with Crippen molar-refractivity contribution in [3.8, 4) is 55.6 Å². The van der Waals surface area contributed by atoms with Gasteiger partial charge in [-0.2, -0.15) is 0 Å². The Labute approximate surface area is 393 Å². The molecule has 0 saturated heterocycles. The molecule has 2 aromatic heterocycles. The summed E-state index contributed by atoms with van der Waals surface area (Å²) in [5.41, 5.74) is 18.5. The Morgan fingerprint density at radius 1 is 0.303 bits per heavy atom. The van der Waals surface area contributed by atoms with Crippen LogP contribution in [0.25, 0.3) is 96.0 Å². The fourth-order valence-electron chi connectivity index (χ4n) is 10.5. The van der Waals surface area contributed by atoms with Crippen LogP contribution in [-0.4, -0.2) is 0 Å². The van der Waals surface area contributed by atoms with Gasteiger partial charge in [0.1, 0.15) is 0 Å². The minimum atomic E-state index is -0.107. The molecule has 2 heterocycles. The molecular formula is C63H43NS2. The third-order valence-corrected chi connectivity index (χ3v) is 16.4. The van der Waals surface area contributed by atoms with Gasteiger partial charge in [-0.3, -0.25) is 0 Å². The Hall–Kier alpha value is -7.56. The first-order valence-corrected chi connectivity index (χ1v) is 24.4. The minimum Gasteiger partial charge on any atom is -0.310 e. The molecule has 3 heteroatoms. The van der Waals surface area contributed by atoms with Gasteiger partial charge in [-0.1, -0.05) is 190 Å². The van der Waals surface area contributed by atoms with Crippen molar-refractivity contribution in [2.24, 2.45) is 0 Å². The van der Waals surface area contributed by atoms with Crippen molar-refractivity contribution in [1.29, 1.82) is 0 Å². The quantitative estimate of drug-likeness (QED) is 0.154. The van der Waals surface area contributed by atoms with Crippen LogP contribution in [0, 0.1) is 0 Å². The van der Waals surface area contributed by atoms with Gasteiger partial charge in [0.05, 0.1) is 0 Å². The van der Waals surface area contributed by atoms with Crippen molar-refractivity contribution in [2.45, 2.75) is 19.3 Å². The second-order valence-corrected chi connectivity index (χ2v) is 20.1. The number of hydrogen-bond donors (Lipinski definition) is 0. The standard InChI is InChI=1S/C63H43NS2/c1-63(2)57-18-6-3-11-51(57)52-38-37-48(39-58(52)63)64(46-33-29-42(30-34-46)40-21-25-44(26-22-40)49-14-9-16-55-53-12-4-7-19-59(53)65-61(49)55)47-35-31-43(32-36-47)41-23-27-45(28-24-41)50-15-10-17-56-54-13-5-8-20-60(54)66-62(50)56/h3-39H,1-2H3. The highest BCUT2D eigenvalue weighted by atomic mass is 32.1. The van der Waals surface area contributed by atoms with Crippen LogP contribution >= 0.6 is 22.7 Å². The topological polar surface area (TPSA) is 3.24 Å². The number of fused-ring (bicyclic) bond motifs is 9. The van der Waals surface area contributed by atoms with Crippen molar-refractivity contribution in [3.63, 3.8) is 0 Å². The molecule has 0 N–H and O–H groups in total. The molecule has 0 bridgehead atoms. The normalized spacial score (nSPS) is 12.8. The summed E-state index contributed by atoms with van der Waals surface area (Å²) in [6.45, 7) is 4.72. The van der Waals surface area contributed by atoms with E-state index in [0.717, 1.165) is 17.1 Å². The lowest BCUT2D eigenvalue weighted by molar-refractivity contribution is 0.660. The lowest BCUT2D eigenvalue weighted by Crippen LogP contribution is -2.16. The Kier molecular flexibility index (Phi) is 8.99. The summed E-state index contributed by atoms with van der Waals surface area (Å²) in [5.74, 6) is 0. The largest absolute Gasteiger partial charge is 0.310 e. The van der Waals surface area contributed by atoms with Crippen LogP contribution in [0.4, 0.5) is 17.1 Å². The van der Waals surface area contributed by atoms with E-state index < -0.39 is 0 Å². The van der Waals surface area contributed by atoms with Crippen LogP contribution in [0.1, 0.15) is 25.0 Å². The second-order valence-electron chi connectivity index (χ2n) is 18.0. The van der Waals surface area contributed by atoms with E-state index >= 15 is 0 Å². The average molecular weight is 878 g/mol. The van der Waals surface area contributed by atoms with Gasteiger partial charge in [0.2, 0.25) is 0 Å². The summed E-state index contributed by atoms with van der Waals surface area (Å²) < 4.78 is 5.35. The highest BCUT2D eigenvalue weighted by molar-refractivity contribution is 7.26. The molecule has 0 radical (unpaired) electrons. The molecule has 66 heavy (non-hydrogen) atoms. The lowest BCUT2D eigenvalue weighted by atomic mass is 9.82. The van der Waals surface area contributed by atoms with E-state index in [0.29, 0.717) is 0 Å². The number of thiophene rings is 2. The van der Waals surface area contributed by atoms with E-state index in [4.69, 9.17) is 0 Å². The zero-order valence-electron chi connectivity index (χ0n) is 36.6. The molecule has 0 unspecified atom stereocenters. The molecule has 0 spiro atoms. The molecule has 1 aliphatic carbocycles. The van der Waals surface area contributed by atoms with E-state index in [1.165, 1.54) is 107 Å². The maximum Gasteiger partial charge on any atom is 0.0465 e. The van der Waals surface area contributed by atoms with E-state index in [-0.39, 0.29) is 5.41 Å². The van der Waals surface area contributed by atoms with Gasteiger partial charge in [-0.25, -0.2) is 0 Å². The van der Waals surface area contributed by atoms with E-state index in [1.54, 1.807) is 0 Å². The lowest BCUT2D eigenvalue weighted by Gasteiger charge is -2.28. The van der Waals surface area contributed by atoms with Gasteiger partial charge in [0.25, 0.3) is 0 Å². The molecular weight excluding hydrogens is 835 g/mol. The first kappa shape index (κ1) is 38.9. The molecule has 0 fully saturated rings. The highest BCUT2D eigenvalue weighted by Gasteiger charge is 2.35. The van der Waals surface area contributed by atoms with Crippen molar-refractivity contribution in [3.05, 3.63) is 236 Å². The molecule has 13 rings (SSSR count). The van der Waals surface area contributed by atoms with Crippen LogP contribution in [0.5, 0.6) is 0 Å². The fraction of sp³-hybridized carbons (Fsp3) is 0.0476. The summed E-state index contributed by atoms with van der Waals surface area (Å²) in [6, 6.07) is 83.2. The van der Waals surface area contributed by atoms with Gasteiger partial charge < -0.3 is 4.90 Å². The maximum absolute atomic E-state index is 2.42. The molecule has 12 aromatic rings. The number of benzene rings is 10. The molecule has 0 saturated carbocycles. The van der Waals surface area contributed by atoms with Crippen LogP contribution in [0.3, 0.4) is 0 Å². The molecule has 0 aliphatic heterocycles. The van der Waals surface area contributed by atoms with Crippen molar-refractivity contribution in [2.75, 3.05) is 4.90 Å². The Bertz CT molecular complexity index is 3610. The van der Waals surface area contributed by atoms with E-state index in [2.05, 4.69) is 243 Å². The van der Waals surface area contributed by atoms with E-state index in [9.17, 15) is 0 Å². The Morgan fingerprint density at radius 3 is 1.20 bits per heavy atom. The number of nitrogens with zero attached hydrogens (tertiary/aromatic N) is 1. The van der Waals surface area contributed by atoms with Crippen molar-refractivity contribution in [1.82, 2.24) is 0 Å². The molecule has 0 atom stereocenters. The number of hydrogen-bond acceptors (Lipinski definition) is 3. The predicted molar refractivity (Wildman–Crippen MR) is 286 cm³/mol. The molecule has 1 nitrogen and oxygen atoms in total. The zero-order chi connectivity index (χ0) is 43.9. The van der Waals surface area contributed by atoms with Crippen molar-refractivity contribution >= 4 is 80.1 Å². The van der Waals surface area contributed by atoms with Crippen LogP contribution in [-0.2, 0) is 5.41 Å². The summed E-state index contributed by atoms with van der Waals surface area (Å²) in [6.07, 6.45) is 0. The van der Waals surface area contributed by atoms with Gasteiger partial charge >= 0.3 is 0 Å². The SMILES string of the molecule is CC1(C)c2ccccc2-c2ccc(N(c3ccc(-c4ccc(-c5cccc6c5sc5ccccc56)cc4)cc3)c3ccc(-c4ccc(-c5cccc6c5sc5ccccc56)cc4)cc3)cc21. The Morgan fingerprint density at radius 2 is 0.682 bits per heavy atom. The average Bonchev–Trinajstić information content (AvgIpc) is 4.02. The monoisotopic (exact) mass is 877 g/mol. The zero-order valence-corrected chi connectivity index (χ0v) is 38.3. The van der Waals surface area contributed by atoms with Crippen LogP contribution in [0.15, 0.2) is 224 Å². The number of rotatable bonds is 7. The summed E-state index contributed by atoms with van der Waals surface area (Å²) in [7, 11) is 0. The first-order valence-electron chi connectivity index (χ1n) is 22.7. The highest BCUT2D eigenvalue weighted by Crippen LogP contribution is 2.51. The summed E-state index contributed by atoms with van der Waals surface area (Å²) >= 11 is 3.77. The summed E-state index contributed by atoms with van der Waals surface area (Å²) in [4.78, 5) is 2.41. The molecule has 10 aromatic carbocycles. The fourth-order valence-corrected chi connectivity index (χ4v) is 13.0. The third-order valence-electron chi connectivity index (χ3n) is 13.9. The number of anilines is 3. The smallest absolute Gasteiger partial charge is 0.0465 e. The first-order chi connectivity index (χ1) is 32.5. The van der Waals surface area contributed by atoms with Crippen molar-refractivity contribution < 1.29 is 0 Å². The minimum absolute atomic E-state index is 0.107. The molecule has 1 aliphatic rings.